The van der Waals surface area contributed by atoms with Crippen molar-refractivity contribution in [2.75, 3.05) is 0 Å². The molecule has 0 unspecified atom stereocenters. The van der Waals surface area contributed by atoms with Crippen LogP contribution < -0.4 is 0 Å². The highest BCUT2D eigenvalue weighted by atomic mass is 19.1. The van der Waals surface area contributed by atoms with Gasteiger partial charge in [-0.3, -0.25) is 4.79 Å². The highest BCUT2D eigenvalue weighted by molar-refractivity contribution is 5.71. The van der Waals surface area contributed by atoms with Gasteiger partial charge < -0.3 is 0 Å². The third-order valence-corrected chi connectivity index (χ3v) is 2.03. The van der Waals surface area contributed by atoms with E-state index in [0.29, 0.717) is 0 Å². The number of hydrogen-bond acceptors (Lipinski definition) is 3. The van der Waals surface area contributed by atoms with Crippen LogP contribution in [-0.2, 0) is 11.3 Å². The number of rotatable bonds is 3. The molecule has 2 rings (SSSR count). The van der Waals surface area contributed by atoms with Gasteiger partial charge in [0.1, 0.15) is 11.6 Å². The van der Waals surface area contributed by atoms with Crippen molar-refractivity contribution < 1.29 is 13.6 Å². The molecule has 0 aliphatic heterocycles. The average Bonchev–Trinajstić information content (AvgIpc) is 2.71. The molecule has 0 aliphatic rings. The van der Waals surface area contributed by atoms with E-state index in [1.807, 2.05) is 0 Å². The summed E-state index contributed by atoms with van der Waals surface area (Å²) in [6.45, 7) is -0.118. The van der Waals surface area contributed by atoms with E-state index < -0.39 is 11.6 Å². The lowest BCUT2D eigenvalue weighted by molar-refractivity contribution is 0.528. The van der Waals surface area contributed by atoms with Crippen LogP contribution in [0.5, 0.6) is 0 Å². The smallest absolute Gasteiger partial charge is 0.257 e. The first-order valence-electron chi connectivity index (χ1n) is 4.42. The normalized spacial score (nSPS) is 10.4. The fraction of sp³-hybridized carbons (Fsp3) is 0.100. The minimum Gasteiger partial charge on any atom is -0.283 e. The van der Waals surface area contributed by atoms with Gasteiger partial charge in [-0.25, -0.2) is 13.5 Å². The molecule has 0 spiro atoms. The zero-order chi connectivity index (χ0) is 11.5. The van der Waals surface area contributed by atoms with Crippen molar-refractivity contribution in [2.45, 2.75) is 6.54 Å². The summed E-state index contributed by atoms with van der Waals surface area (Å²) in [5.41, 5.74) is -0.124. The highest BCUT2D eigenvalue weighted by Gasteiger charge is 2.10. The molecule has 6 heteroatoms. The van der Waals surface area contributed by atoms with Gasteiger partial charge in [0.15, 0.2) is 5.69 Å². The van der Waals surface area contributed by atoms with E-state index in [1.165, 1.54) is 23.2 Å². The Morgan fingerprint density at radius 3 is 2.56 bits per heavy atom. The number of nitrogens with zero attached hydrogens (tertiary/aromatic N) is 3. The lowest BCUT2D eigenvalue weighted by Gasteiger charge is -2.03. The van der Waals surface area contributed by atoms with Gasteiger partial charge in [-0.15, -0.1) is 5.10 Å². The molecule has 0 N–H and O–H groups in total. The Balaban J connectivity index is 2.29. The van der Waals surface area contributed by atoms with E-state index in [0.717, 1.165) is 12.1 Å². The van der Waals surface area contributed by atoms with Crippen LogP contribution in [-0.4, -0.2) is 21.3 Å². The molecule has 2 aromatic rings. The van der Waals surface area contributed by atoms with E-state index in [1.54, 1.807) is 0 Å². The molecular formula is C10H6F2N3O. The summed E-state index contributed by atoms with van der Waals surface area (Å²) in [5.74, 6) is -1.32. The molecule has 0 bridgehead atoms. The van der Waals surface area contributed by atoms with Crippen LogP contribution in [0, 0.1) is 11.6 Å². The molecule has 1 heterocycles. The van der Waals surface area contributed by atoms with E-state index in [-0.39, 0.29) is 17.8 Å². The molecule has 1 radical (unpaired) electrons. The Morgan fingerprint density at radius 1 is 1.31 bits per heavy atom. The molecule has 81 valence electrons. The highest BCUT2D eigenvalue weighted by Crippen LogP contribution is 2.12. The van der Waals surface area contributed by atoms with E-state index in [9.17, 15) is 13.6 Å². The molecule has 4 nitrogen and oxygen atoms in total. The summed E-state index contributed by atoms with van der Waals surface area (Å²) in [4.78, 5) is 10.2. The van der Waals surface area contributed by atoms with Gasteiger partial charge in [0, 0.05) is 5.56 Å². The number of benzene rings is 1. The molecule has 0 fully saturated rings. The van der Waals surface area contributed by atoms with Crippen LogP contribution >= 0.6 is 0 Å². The zero-order valence-electron chi connectivity index (χ0n) is 8.02. The Hall–Kier alpha value is -2.11. The molecule has 0 atom stereocenters. The van der Waals surface area contributed by atoms with E-state index in [2.05, 4.69) is 10.3 Å². The topological polar surface area (TPSA) is 47.8 Å². The number of halogens is 2. The summed E-state index contributed by atoms with van der Waals surface area (Å²) in [5, 5.41) is 6.97. The number of aromatic nitrogens is 3. The van der Waals surface area contributed by atoms with Crippen molar-refractivity contribution in [1.29, 1.82) is 0 Å². The summed E-state index contributed by atoms with van der Waals surface area (Å²) in [6, 6.07) is 3.59. The molecular weight excluding hydrogens is 216 g/mol. The third kappa shape index (κ3) is 1.95. The van der Waals surface area contributed by atoms with Crippen LogP contribution in [0.1, 0.15) is 11.3 Å². The Kier molecular flexibility index (Phi) is 2.72. The van der Waals surface area contributed by atoms with Crippen molar-refractivity contribution >= 4 is 6.29 Å². The zero-order valence-corrected chi connectivity index (χ0v) is 8.02. The molecule has 1 aromatic carbocycles. The lowest BCUT2D eigenvalue weighted by atomic mass is 10.2. The summed E-state index contributed by atoms with van der Waals surface area (Å²) < 4.78 is 27.7. The van der Waals surface area contributed by atoms with Crippen LogP contribution in [0.2, 0.25) is 0 Å². The predicted octanol–water partition coefficient (Wildman–Crippen LogP) is 1.06. The third-order valence-electron chi connectivity index (χ3n) is 2.03. The van der Waals surface area contributed by atoms with Gasteiger partial charge in [-0.2, -0.15) is 0 Å². The van der Waals surface area contributed by atoms with Crippen molar-refractivity contribution in [1.82, 2.24) is 15.0 Å². The van der Waals surface area contributed by atoms with Crippen LogP contribution in [0.25, 0.3) is 0 Å². The monoisotopic (exact) mass is 222 g/mol. The van der Waals surface area contributed by atoms with Gasteiger partial charge in [0.25, 0.3) is 6.29 Å². The summed E-state index contributed by atoms with van der Waals surface area (Å²) >= 11 is 0. The fourth-order valence-corrected chi connectivity index (χ4v) is 1.27. The van der Waals surface area contributed by atoms with Crippen LogP contribution in [0.15, 0.2) is 24.4 Å². The van der Waals surface area contributed by atoms with Crippen molar-refractivity contribution in [3.05, 3.63) is 47.3 Å². The van der Waals surface area contributed by atoms with Gasteiger partial charge in [-0.1, -0.05) is 11.3 Å². The molecule has 0 saturated carbocycles. The van der Waals surface area contributed by atoms with Gasteiger partial charge in [0.05, 0.1) is 12.7 Å². The minimum atomic E-state index is -0.660. The first-order chi connectivity index (χ1) is 7.70. The second-order valence-corrected chi connectivity index (χ2v) is 3.10. The maximum atomic E-state index is 13.2. The second kappa shape index (κ2) is 4.18. The van der Waals surface area contributed by atoms with Crippen LogP contribution in [0.3, 0.4) is 0 Å². The summed E-state index contributed by atoms with van der Waals surface area (Å²) in [7, 11) is 0. The summed E-state index contributed by atoms with van der Waals surface area (Å²) in [6.07, 6.45) is 2.79. The fourth-order valence-electron chi connectivity index (χ4n) is 1.27. The van der Waals surface area contributed by atoms with Crippen molar-refractivity contribution in [3.8, 4) is 0 Å². The predicted molar refractivity (Wildman–Crippen MR) is 50.3 cm³/mol. The minimum absolute atomic E-state index is 0.00301. The van der Waals surface area contributed by atoms with Gasteiger partial charge >= 0.3 is 0 Å². The maximum Gasteiger partial charge on any atom is 0.257 e. The average molecular weight is 222 g/mol. The quantitative estimate of drug-likeness (QED) is 0.780. The first kappa shape index (κ1) is 10.4. The maximum absolute atomic E-state index is 13.2. The Labute approximate surface area is 89.5 Å². The second-order valence-electron chi connectivity index (χ2n) is 3.10. The number of hydrogen-bond donors (Lipinski definition) is 0. The van der Waals surface area contributed by atoms with Gasteiger partial charge in [0.2, 0.25) is 0 Å². The molecule has 0 amide bonds. The number of carbonyl (C=O) groups excluding carboxylic acids is 1. The molecule has 0 saturated heterocycles. The lowest BCUT2D eigenvalue weighted by Crippen LogP contribution is -2.05. The molecule has 16 heavy (non-hydrogen) atoms. The van der Waals surface area contributed by atoms with Crippen molar-refractivity contribution in [3.63, 3.8) is 0 Å². The first-order valence-corrected chi connectivity index (χ1v) is 4.42. The van der Waals surface area contributed by atoms with Crippen molar-refractivity contribution in [2.24, 2.45) is 0 Å². The SMILES string of the molecule is O=[C]c1cn(Cc2c(F)cccc2F)nn1. The van der Waals surface area contributed by atoms with Gasteiger partial charge in [-0.05, 0) is 12.1 Å². The van der Waals surface area contributed by atoms with E-state index >= 15 is 0 Å². The van der Waals surface area contributed by atoms with Crippen LogP contribution in [0.4, 0.5) is 8.78 Å². The Bertz CT molecular complexity index is 504. The standard InChI is InChI=1S/C10H6F2N3O/c11-9-2-1-3-10(12)8(9)5-15-4-7(6-16)13-14-15/h1-4H,5H2. The largest absolute Gasteiger partial charge is 0.283 e. The van der Waals surface area contributed by atoms with E-state index in [4.69, 9.17) is 0 Å². The Morgan fingerprint density at radius 2 is 2.00 bits per heavy atom. The molecule has 0 aliphatic carbocycles. The molecule has 1 aromatic heterocycles.